The quantitative estimate of drug-likeness (QED) is 0.786. The molecule has 0 aliphatic heterocycles. The van der Waals surface area contributed by atoms with Crippen LogP contribution in [0.15, 0.2) is 24.3 Å². The van der Waals surface area contributed by atoms with Gasteiger partial charge in [-0.25, -0.2) is 0 Å². The van der Waals surface area contributed by atoms with Crippen LogP contribution in [0.4, 0.5) is 5.69 Å². The second-order valence-corrected chi connectivity index (χ2v) is 5.03. The number of rotatable bonds is 7. The Hall–Kier alpha value is -1.35. The highest BCUT2D eigenvalue weighted by atomic mass is 16.1. The highest BCUT2D eigenvalue weighted by Crippen LogP contribution is 2.22. The maximum Gasteiger partial charge on any atom is 0.221 e. The lowest BCUT2D eigenvalue weighted by Gasteiger charge is -2.32. The highest BCUT2D eigenvalue weighted by Gasteiger charge is 2.22. The zero-order valence-corrected chi connectivity index (χ0v) is 12.5. The van der Waals surface area contributed by atoms with Gasteiger partial charge in [0.2, 0.25) is 5.91 Å². The summed E-state index contributed by atoms with van der Waals surface area (Å²) in [6.45, 7) is 8.99. The van der Waals surface area contributed by atoms with E-state index in [1.807, 2.05) is 18.2 Å². The van der Waals surface area contributed by atoms with Crippen LogP contribution in [0.2, 0.25) is 0 Å². The minimum atomic E-state index is -0.0276. The molecule has 0 saturated carbocycles. The van der Waals surface area contributed by atoms with E-state index < -0.39 is 0 Å². The Morgan fingerprint density at radius 2 is 1.68 bits per heavy atom. The van der Waals surface area contributed by atoms with Crippen LogP contribution in [0.25, 0.3) is 0 Å². The van der Waals surface area contributed by atoms with Crippen molar-refractivity contribution >= 4 is 11.6 Å². The van der Waals surface area contributed by atoms with E-state index in [4.69, 9.17) is 0 Å². The molecule has 0 saturated heterocycles. The topological polar surface area (TPSA) is 41.1 Å². The largest absolute Gasteiger partial charge is 0.326 e. The first kappa shape index (κ1) is 15.7. The molecule has 106 valence electrons. The summed E-state index contributed by atoms with van der Waals surface area (Å²) < 4.78 is 0. The zero-order chi connectivity index (χ0) is 14.3. The van der Waals surface area contributed by atoms with Gasteiger partial charge in [-0.2, -0.15) is 0 Å². The smallest absolute Gasteiger partial charge is 0.221 e. The SMILES string of the molecule is CCC(CC)(CC)NCc1ccccc1NC(C)=O. The number of amides is 1. The molecule has 3 heteroatoms. The van der Waals surface area contributed by atoms with Gasteiger partial charge in [-0.15, -0.1) is 0 Å². The molecular weight excluding hydrogens is 236 g/mol. The highest BCUT2D eigenvalue weighted by molar-refractivity contribution is 5.89. The molecule has 0 aliphatic rings. The number of hydrogen-bond donors (Lipinski definition) is 2. The van der Waals surface area contributed by atoms with Crippen molar-refractivity contribution in [3.63, 3.8) is 0 Å². The molecule has 0 bridgehead atoms. The lowest BCUT2D eigenvalue weighted by Crippen LogP contribution is -2.43. The number of carbonyl (C=O) groups is 1. The molecule has 0 fully saturated rings. The lowest BCUT2D eigenvalue weighted by atomic mass is 9.89. The average Bonchev–Trinajstić information content (AvgIpc) is 2.42. The molecule has 2 N–H and O–H groups in total. The normalized spacial score (nSPS) is 11.4. The van der Waals surface area contributed by atoms with Crippen molar-refractivity contribution in [3.05, 3.63) is 29.8 Å². The lowest BCUT2D eigenvalue weighted by molar-refractivity contribution is -0.114. The van der Waals surface area contributed by atoms with Crippen molar-refractivity contribution in [1.29, 1.82) is 0 Å². The van der Waals surface area contributed by atoms with Gasteiger partial charge in [0.1, 0.15) is 0 Å². The molecule has 0 aromatic heterocycles. The molecule has 1 aromatic rings. The van der Waals surface area contributed by atoms with E-state index in [2.05, 4.69) is 37.5 Å². The summed E-state index contributed by atoms with van der Waals surface area (Å²) in [5, 5.41) is 6.55. The molecule has 0 spiro atoms. The molecule has 3 nitrogen and oxygen atoms in total. The Labute approximate surface area is 116 Å². The molecule has 1 aromatic carbocycles. The molecule has 0 unspecified atom stereocenters. The van der Waals surface area contributed by atoms with Gasteiger partial charge in [-0.05, 0) is 30.9 Å². The molecule has 1 rings (SSSR count). The van der Waals surface area contributed by atoms with Crippen molar-refractivity contribution < 1.29 is 4.79 Å². The zero-order valence-electron chi connectivity index (χ0n) is 12.5. The fraction of sp³-hybridized carbons (Fsp3) is 0.562. The van der Waals surface area contributed by atoms with E-state index in [1.54, 1.807) is 6.92 Å². The molecule has 1 amide bonds. The first-order valence-corrected chi connectivity index (χ1v) is 7.17. The third-order valence-corrected chi connectivity index (χ3v) is 4.01. The minimum absolute atomic E-state index is 0.0276. The number of para-hydroxylation sites is 1. The molecule has 0 aliphatic carbocycles. The predicted molar refractivity (Wildman–Crippen MR) is 81.2 cm³/mol. The van der Waals surface area contributed by atoms with E-state index in [-0.39, 0.29) is 11.4 Å². The van der Waals surface area contributed by atoms with E-state index in [1.165, 1.54) is 0 Å². The number of hydrogen-bond acceptors (Lipinski definition) is 2. The molecule has 0 heterocycles. The summed E-state index contributed by atoms with van der Waals surface area (Å²) in [5.41, 5.74) is 2.24. The monoisotopic (exact) mass is 262 g/mol. The standard InChI is InChI=1S/C16H26N2O/c1-5-16(6-2,7-3)17-12-14-10-8-9-11-15(14)18-13(4)19/h8-11,17H,5-7,12H2,1-4H3,(H,18,19). The minimum Gasteiger partial charge on any atom is -0.326 e. The molecule has 0 radical (unpaired) electrons. The summed E-state index contributed by atoms with van der Waals surface area (Å²) in [4.78, 5) is 11.2. The summed E-state index contributed by atoms with van der Waals surface area (Å²) >= 11 is 0. The van der Waals surface area contributed by atoms with Crippen molar-refractivity contribution in [2.75, 3.05) is 5.32 Å². The molecular formula is C16H26N2O. The third kappa shape index (κ3) is 4.35. The van der Waals surface area contributed by atoms with Crippen molar-refractivity contribution in [3.8, 4) is 0 Å². The van der Waals surface area contributed by atoms with Gasteiger partial charge in [0.15, 0.2) is 0 Å². The van der Waals surface area contributed by atoms with Crippen LogP contribution < -0.4 is 10.6 Å². The molecule has 0 atom stereocenters. The maximum atomic E-state index is 11.2. The third-order valence-electron chi connectivity index (χ3n) is 4.01. The van der Waals surface area contributed by atoms with Gasteiger partial charge in [-0.1, -0.05) is 39.0 Å². The average molecular weight is 262 g/mol. The second-order valence-electron chi connectivity index (χ2n) is 5.03. The predicted octanol–water partition coefficient (Wildman–Crippen LogP) is 3.70. The fourth-order valence-electron chi connectivity index (χ4n) is 2.39. The second kappa shape index (κ2) is 7.29. The Bertz CT molecular complexity index is 403. The van der Waals surface area contributed by atoms with Crippen LogP contribution >= 0.6 is 0 Å². The molecule has 19 heavy (non-hydrogen) atoms. The first-order chi connectivity index (χ1) is 9.06. The van der Waals surface area contributed by atoms with Gasteiger partial charge in [0, 0.05) is 24.7 Å². The van der Waals surface area contributed by atoms with Crippen LogP contribution in [0.1, 0.15) is 52.5 Å². The van der Waals surface area contributed by atoms with Crippen LogP contribution in [0, 0.1) is 0 Å². The number of benzene rings is 1. The Morgan fingerprint density at radius 1 is 1.11 bits per heavy atom. The van der Waals surface area contributed by atoms with Crippen molar-refractivity contribution in [2.24, 2.45) is 0 Å². The summed E-state index contributed by atoms with van der Waals surface area (Å²) in [7, 11) is 0. The number of carbonyl (C=O) groups excluding carboxylic acids is 1. The Morgan fingerprint density at radius 3 is 2.21 bits per heavy atom. The van der Waals surface area contributed by atoms with Gasteiger partial charge < -0.3 is 10.6 Å². The van der Waals surface area contributed by atoms with Gasteiger partial charge >= 0.3 is 0 Å². The van der Waals surface area contributed by atoms with Gasteiger partial charge in [0.25, 0.3) is 0 Å². The summed E-state index contributed by atoms with van der Waals surface area (Å²) in [6.07, 6.45) is 3.34. The number of anilines is 1. The summed E-state index contributed by atoms with van der Waals surface area (Å²) in [5.74, 6) is -0.0276. The van der Waals surface area contributed by atoms with Crippen molar-refractivity contribution in [2.45, 2.75) is 59.0 Å². The maximum absolute atomic E-state index is 11.2. The van der Waals surface area contributed by atoms with Gasteiger partial charge in [-0.3, -0.25) is 4.79 Å². The van der Waals surface area contributed by atoms with E-state index in [9.17, 15) is 4.79 Å². The summed E-state index contributed by atoms with van der Waals surface area (Å²) in [6, 6.07) is 7.96. The van der Waals surface area contributed by atoms with E-state index in [0.717, 1.165) is 37.1 Å². The van der Waals surface area contributed by atoms with Gasteiger partial charge in [0.05, 0.1) is 0 Å². The van der Waals surface area contributed by atoms with Crippen LogP contribution in [0.5, 0.6) is 0 Å². The fourth-order valence-corrected chi connectivity index (χ4v) is 2.39. The van der Waals surface area contributed by atoms with Crippen LogP contribution in [0.3, 0.4) is 0 Å². The Balaban J connectivity index is 2.79. The van der Waals surface area contributed by atoms with E-state index >= 15 is 0 Å². The Kier molecular flexibility index (Phi) is 6.03. The van der Waals surface area contributed by atoms with Crippen molar-refractivity contribution in [1.82, 2.24) is 5.32 Å². The number of nitrogens with one attached hydrogen (secondary N) is 2. The first-order valence-electron chi connectivity index (χ1n) is 7.17. The van der Waals surface area contributed by atoms with Crippen LogP contribution in [-0.4, -0.2) is 11.4 Å². The van der Waals surface area contributed by atoms with Crippen LogP contribution in [-0.2, 0) is 11.3 Å². The van der Waals surface area contributed by atoms with E-state index in [0.29, 0.717) is 0 Å².